The van der Waals surface area contributed by atoms with Crippen molar-refractivity contribution in [3.8, 4) is 0 Å². The SMILES string of the molecule is O=S(=O)(c1cccc(F)c1)N(Cc1ccccc1F)c1cccc(Cl)c1. The molecule has 0 radical (unpaired) electrons. The number of hydrogen-bond acceptors (Lipinski definition) is 2. The van der Waals surface area contributed by atoms with E-state index in [0.717, 1.165) is 16.4 Å². The number of hydrogen-bond donors (Lipinski definition) is 0. The topological polar surface area (TPSA) is 37.4 Å². The molecule has 3 aromatic carbocycles. The zero-order valence-corrected chi connectivity index (χ0v) is 15.0. The van der Waals surface area contributed by atoms with Crippen LogP contribution < -0.4 is 4.31 Å². The van der Waals surface area contributed by atoms with Crippen molar-refractivity contribution in [3.05, 3.63) is 95.0 Å². The van der Waals surface area contributed by atoms with Crippen LogP contribution >= 0.6 is 11.6 Å². The van der Waals surface area contributed by atoms with Gasteiger partial charge in [0.1, 0.15) is 11.6 Å². The van der Waals surface area contributed by atoms with E-state index in [4.69, 9.17) is 11.6 Å². The van der Waals surface area contributed by atoms with E-state index >= 15 is 0 Å². The minimum atomic E-state index is -4.14. The van der Waals surface area contributed by atoms with Gasteiger partial charge in [-0.15, -0.1) is 0 Å². The molecule has 0 aliphatic carbocycles. The predicted octanol–water partition coefficient (Wildman–Crippen LogP) is 5.01. The number of nitrogens with zero attached hydrogens (tertiary/aromatic N) is 1. The number of rotatable bonds is 5. The molecule has 26 heavy (non-hydrogen) atoms. The van der Waals surface area contributed by atoms with Crippen molar-refractivity contribution in [1.29, 1.82) is 0 Å². The summed E-state index contributed by atoms with van der Waals surface area (Å²) < 4.78 is 54.9. The Morgan fingerprint density at radius 2 is 1.62 bits per heavy atom. The number of anilines is 1. The summed E-state index contributed by atoms with van der Waals surface area (Å²) in [7, 11) is -4.14. The molecule has 3 rings (SSSR count). The standard InChI is InChI=1S/C19H14ClF2NO2S/c20-15-6-3-8-17(11-15)23(13-14-5-1-2-10-19(14)22)26(24,25)18-9-4-7-16(21)12-18/h1-12H,13H2. The summed E-state index contributed by atoms with van der Waals surface area (Å²) in [5, 5.41) is 0.329. The van der Waals surface area contributed by atoms with Gasteiger partial charge in [-0.2, -0.15) is 0 Å². The Bertz CT molecular complexity index is 1040. The van der Waals surface area contributed by atoms with Crippen LogP contribution in [0.5, 0.6) is 0 Å². The van der Waals surface area contributed by atoms with Crippen LogP contribution in [0.15, 0.2) is 77.7 Å². The van der Waals surface area contributed by atoms with Gasteiger partial charge < -0.3 is 0 Å². The molecule has 3 nitrogen and oxygen atoms in total. The summed E-state index contributed by atoms with van der Waals surface area (Å²) in [4.78, 5) is -0.228. The van der Waals surface area contributed by atoms with Crippen LogP contribution in [-0.2, 0) is 16.6 Å². The summed E-state index contributed by atoms with van der Waals surface area (Å²) in [5.74, 6) is -1.21. The predicted molar refractivity (Wildman–Crippen MR) is 97.6 cm³/mol. The van der Waals surface area contributed by atoms with E-state index in [1.54, 1.807) is 24.3 Å². The lowest BCUT2D eigenvalue weighted by Gasteiger charge is -2.25. The highest BCUT2D eigenvalue weighted by Crippen LogP contribution is 2.28. The van der Waals surface area contributed by atoms with Crippen molar-refractivity contribution in [1.82, 2.24) is 0 Å². The van der Waals surface area contributed by atoms with Crippen LogP contribution in [0.25, 0.3) is 0 Å². The average Bonchev–Trinajstić information content (AvgIpc) is 2.61. The quantitative estimate of drug-likeness (QED) is 0.610. The molecule has 3 aromatic rings. The minimum absolute atomic E-state index is 0.187. The van der Waals surface area contributed by atoms with E-state index in [0.29, 0.717) is 5.02 Å². The summed E-state index contributed by atoms with van der Waals surface area (Å²) in [6.07, 6.45) is 0. The third-order valence-electron chi connectivity index (χ3n) is 3.75. The van der Waals surface area contributed by atoms with E-state index in [1.807, 2.05) is 0 Å². The van der Waals surface area contributed by atoms with Crippen LogP contribution in [0.2, 0.25) is 5.02 Å². The van der Waals surface area contributed by atoms with Crippen molar-refractivity contribution in [2.75, 3.05) is 4.31 Å². The molecule has 0 saturated heterocycles. The maximum absolute atomic E-state index is 14.1. The Morgan fingerprint density at radius 3 is 2.31 bits per heavy atom. The van der Waals surface area contributed by atoms with Gasteiger partial charge in [0, 0.05) is 10.6 Å². The Kier molecular flexibility index (Phi) is 5.25. The second-order valence-electron chi connectivity index (χ2n) is 5.54. The minimum Gasteiger partial charge on any atom is -0.262 e. The highest BCUT2D eigenvalue weighted by molar-refractivity contribution is 7.92. The monoisotopic (exact) mass is 393 g/mol. The maximum atomic E-state index is 14.1. The van der Waals surface area contributed by atoms with Crippen molar-refractivity contribution < 1.29 is 17.2 Å². The van der Waals surface area contributed by atoms with Crippen LogP contribution in [0.4, 0.5) is 14.5 Å². The summed E-state index contributed by atoms with van der Waals surface area (Å²) >= 11 is 5.99. The third-order valence-corrected chi connectivity index (χ3v) is 5.76. The molecule has 0 aliphatic heterocycles. The largest absolute Gasteiger partial charge is 0.264 e. The van der Waals surface area contributed by atoms with E-state index < -0.39 is 21.7 Å². The second kappa shape index (κ2) is 7.43. The first-order valence-electron chi connectivity index (χ1n) is 7.65. The number of benzene rings is 3. The van der Waals surface area contributed by atoms with Crippen LogP contribution in [0.3, 0.4) is 0 Å². The lowest BCUT2D eigenvalue weighted by molar-refractivity contribution is 0.581. The summed E-state index contributed by atoms with van der Waals surface area (Å²) in [5.41, 5.74) is 0.442. The van der Waals surface area contributed by atoms with Crippen molar-refractivity contribution in [2.24, 2.45) is 0 Å². The fourth-order valence-corrected chi connectivity index (χ4v) is 4.13. The van der Waals surface area contributed by atoms with Crippen molar-refractivity contribution in [3.63, 3.8) is 0 Å². The molecule has 0 heterocycles. The first kappa shape index (κ1) is 18.4. The normalized spacial score (nSPS) is 11.3. The van der Waals surface area contributed by atoms with Crippen LogP contribution in [0, 0.1) is 11.6 Å². The van der Waals surface area contributed by atoms with Gasteiger partial charge in [0.15, 0.2) is 0 Å². The van der Waals surface area contributed by atoms with Gasteiger partial charge in [-0.05, 0) is 42.5 Å². The summed E-state index contributed by atoms with van der Waals surface area (Å²) in [6.45, 7) is -0.258. The van der Waals surface area contributed by atoms with E-state index in [9.17, 15) is 17.2 Å². The van der Waals surface area contributed by atoms with Gasteiger partial charge in [0.25, 0.3) is 10.0 Å². The van der Waals surface area contributed by atoms with E-state index in [2.05, 4.69) is 0 Å². The molecule has 0 atom stereocenters. The molecule has 0 bridgehead atoms. The number of halogens is 3. The first-order chi connectivity index (χ1) is 12.4. The van der Waals surface area contributed by atoms with Crippen LogP contribution in [0.1, 0.15) is 5.56 Å². The molecule has 0 aromatic heterocycles. The Hall–Kier alpha value is -2.44. The van der Waals surface area contributed by atoms with Gasteiger partial charge in [-0.1, -0.05) is 41.9 Å². The lowest BCUT2D eigenvalue weighted by Crippen LogP contribution is -2.31. The summed E-state index contributed by atoms with van der Waals surface area (Å²) in [6, 6.07) is 16.7. The van der Waals surface area contributed by atoms with Gasteiger partial charge in [0.05, 0.1) is 17.1 Å². The van der Waals surface area contributed by atoms with Crippen LogP contribution in [-0.4, -0.2) is 8.42 Å². The van der Waals surface area contributed by atoms with Crippen molar-refractivity contribution >= 4 is 27.3 Å². The first-order valence-corrected chi connectivity index (χ1v) is 9.47. The van der Waals surface area contributed by atoms with Gasteiger partial charge in [0.2, 0.25) is 0 Å². The van der Waals surface area contributed by atoms with Gasteiger partial charge in [-0.25, -0.2) is 17.2 Å². The third kappa shape index (κ3) is 3.86. The Labute approximate surface area is 155 Å². The molecular formula is C19H14ClF2NO2S. The number of sulfonamides is 1. The average molecular weight is 394 g/mol. The smallest absolute Gasteiger partial charge is 0.262 e. The lowest BCUT2D eigenvalue weighted by atomic mass is 10.2. The zero-order chi connectivity index (χ0) is 18.7. The molecule has 0 amide bonds. The molecule has 0 N–H and O–H groups in total. The van der Waals surface area contributed by atoms with Crippen molar-refractivity contribution in [2.45, 2.75) is 11.4 Å². The van der Waals surface area contributed by atoms with Gasteiger partial charge >= 0.3 is 0 Å². The molecule has 0 spiro atoms. The van der Waals surface area contributed by atoms with Gasteiger partial charge in [-0.3, -0.25) is 4.31 Å². The fraction of sp³-hybridized carbons (Fsp3) is 0.0526. The molecule has 0 aliphatic rings. The Morgan fingerprint density at radius 1 is 0.885 bits per heavy atom. The maximum Gasteiger partial charge on any atom is 0.264 e. The molecule has 0 fully saturated rings. The molecule has 0 unspecified atom stereocenters. The molecule has 0 saturated carbocycles. The fourth-order valence-electron chi connectivity index (χ4n) is 2.48. The Balaban J connectivity index is 2.13. The highest BCUT2D eigenvalue weighted by atomic mass is 35.5. The molecule has 7 heteroatoms. The molecule has 134 valence electrons. The molecular weight excluding hydrogens is 380 g/mol. The zero-order valence-electron chi connectivity index (χ0n) is 13.4. The second-order valence-corrected chi connectivity index (χ2v) is 7.84. The highest BCUT2D eigenvalue weighted by Gasteiger charge is 2.26. The van der Waals surface area contributed by atoms with E-state index in [-0.39, 0.29) is 22.7 Å². The van der Waals surface area contributed by atoms with E-state index in [1.165, 1.54) is 36.4 Å².